The Hall–Kier alpha value is -3.63. The smallest absolute Gasteiger partial charge is 0.334 e. The number of ether oxygens (including phenoxy) is 2. The van der Waals surface area contributed by atoms with Gasteiger partial charge in [0.1, 0.15) is 16.8 Å². The Morgan fingerprint density at radius 3 is 2.19 bits per heavy atom. The summed E-state index contributed by atoms with van der Waals surface area (Å²) in [6.45, 7) is 5.48. The summed E-state index contributed by atoms with van der Waals surface area (Å²) in [5, 5.41) is 4.52. The van der Waals surface area contributed by atoms with Crippen molar-refractivity contribution in [1.82, 2.24) is 0 Å². The summed E-state index contributed by atoms with van der Waals surface area (Å²) >= 11 is 6.14. The number of halogens is 1. The molecule has 36 heavy (non-hydrogen) atoms. The number of carbonyl (C=O) groups is 2. The Labute approximate surface area is 215 Å². The van der Waals surface area contributed by atoms with Crippen LogP contribution in [0, 0.1) is 0 Å². The molecule has 5 rings (SSSR count). The molecule has 0 spiro atoms. The largest absolute Gasteiger partial charge is 0.457 e. The molecule has 0 N–H and O–H groups in total. The highest BCUT2D eigenvalue weighted by atomic mass is 35.5. The van der Waals surface area contributed by atoms with Crippen LogP contribution < -0.4 is 4.74 Å². The van der Waals surface area contributed by atoms with Gasteiger partial charge in [-0.25, -0.2) is 4.79 Å². The van der Waals surface area contributed by atoms with Crippen LogP contribution in [0.5, 0.6) is 5.75 Å². The second-order valence-electron chi connectivity index (χ2n) is 10.2. The average molecular weight is 499 g/mol. The fourth-order valence-electron chi connectivity index (χ4n) is 4.83. The molecule has 4 aromatic rings. The van der Waals surface area contributed by atoms with Crippen molar-refractivity contribution in [2.24, 2.45) is 0 Å². The minimum atomic E-state index is -1.07. The average Bonchev–Trinajstić information content (AvgIpc) is 3.31. The van der Waals surface area contributed by atoms with Gasteiger partial charge in [0.25, 0.3) is 0 Å². The fourth-order valence-corrected chi connectivity index (χ4v) is 4.96. The third-order valence-electron chi connectivity index (χ3n) is 6.57. The van der Waals surface area contributed by atoms with Gasteiger partial charge in [-0.1, -0.05) is 78.3 Å². The lowest BCUT2D eigenvalue weighted by molar-refractivity contribution is -0.150. The molecule has 5 heteroatoms. The standard InChI is InChI=1S/C31H27ClO4/c1-30(2,3)36-28(33)21-16-17-31(19-21,22-12-14-23(32)15-13-22)29(34)35-27-18-20-8-4-5-9-24(20)25-10-6-7-11-26(25)27/h4-16,18H,17,19H2,1-3H3/t31-/m0/s1. The molecule has 1 aliphatic rings. The van der Waals surface area contributed by atoms with E-state index in [1.54, 1.807) is 18.2 Å². The van der Waals surface area contributed by atoms with E-state index in [0.29, 0.717) is 22.8 Å². The van der Waals surface area contributed by atoms with Crippen molar-refractivity contribution in [2.75, 3.05) is 0 Å². The highest BCUT2D eigenvalue weighted by Gasteiger charge is 2.47. The zero-order chi connectivity index (χ0) is 25.5. The molecule has 0 saturated carbocycles. The van der Waals surface area contributed by atoms with Gasteiger partial charge in [0.2, 0.25) is 0 Å². The highest BCUT2D eigenvalue weighted by molar-refractivity contribution is 6.30. The molecule has 0 heterocycles. The van der Waals surface area contributed by atoms with Crippen molar-refractivity contribution in [3.8, 4) is 5.75 Å². The monoisotopic (exact) mass is 498 g/mol. The van der Waals surface area contributed by atoms with Crippen LogP contribution in [-0.4, -0.2) is 17.5 Å². The van der Waals surface area contributed by atoms with E-state index in [4.69, 9.17) is 21.1 Å². The molecule has 0 radical (unpaired) electrons. The van der Waals surface area contributed by atoms with Crippen LogP contribution in [0.3, 0.4) is 0 Å². The molecule has 0 amide bonds. The van der Waals surface area contributed by atoms with Crippen molar-refractivity contribution in [3.05, 3.63) is 101 Å². The first-order valence-electron chi connectivity index (χ1n) is 12.0. The Bertz CT molecular complexity index is 1510. The fraction of sp³-hybridized carbons (Fsp3) is 0.226. The topological polar surface area (TPSA) is 52.6 Å². The number of benzene rings is 4. The molecule has 1 atom stereocenters. The van der Waals surface area contributed by atoms with E-state index in [-0.39, 0.29) is 6.42 Å². The molecule has 0 saturated heterocycles. The number of rotatable bonds is 4. The van der Waals surface area contributed by atoms with Gasteiger partial charge in [0.15, 0.2) is 0 Å². The Morgan fingerprint density at radius 2 is 1.50 bits per heavy atom. The first-order valence-corrected chi connectivity index (χ1v) is 12.4. The van der Waals surface area contributed by atoms with Gasteiger partial charge in [0, 0.05) is 16.0 Å². The van der Waals surface area contributed by atoms with Gasteiger partial charge in [0.05, 0.1) is 0 Å². The molecule has 0 unspecified atom stereocenters. The lowest BCUT2D eigenvalue weighted by atomic mass is 9.77. The quantitative estimate of drug-likeness (QED) is 0.165. The molecule has 0 fully saturated rings. The number of fused-ring (bicyclic) bond motifs is 3. The third kappa shape index (κ3) is 4.49. The second-order valence-corrected chi connectivity index (χ2v) is 10.7. The van der Waals surface area contributed by atoms with Crippen LogP contribution >= 0.6 is 11.6 Å². The number of carbonyl (C=O) groups excluding carboxylic acids is 2. The molecule has 1 aliphatic carbocycles. The van der Waals surface area contributed by atoms with E-state index in [1.807, 2.05) is 81.4 Å². The van der Waals surface area contributed by atoms with Crippen LogP contribution in [0.15, 0.2) is 90.5 Å². The Morgan fingerprint density at radius 1 is 0.861 bits per heavy atom. The van der Waals surface area contributed by atoms with E-state index in [1.165, 1.54) is 0 Å². The first kappa shape index (κ1) is 24.1. The number of hydrogen-bond acceptors (Lipinski definition) is 4. The molecule has 0 bridgehead atoms. The summed E-state index contributed by atoms with van der Waals surface area (Å²) in [5.74, 6) is -0.337. The first-order chi connectivity index (χ1) is 17.2. The molecule has 0 aromatic heterocycles. The van der Waals surface area contributed by atoms with E-state index < -0.39 is 23.0 Å². The van der Waals surface area contributed by atoms with Gasteiger partial charge in [-0.2, -0.15) is 0 Å². The lowest BCUT2D eigenvalue weighted by Crippen LogP contribution is -2.38. The number of allylic oxidation sites excluding steroid dienone is 1. The van der Waals surface area contributed by atoms with Crippen LogP contribution in [0.25, 0.3) is 21.5 Å². The molecule has 182 valence electrons. The van der Waals surface area contributed by atoms with Crippen molar-refractivity contribution >= 4 is 45.1 Å². The maximum Gasteiger partial charge on any atom is 0.334 e. The van der Waals surface area contributed by atoms with Gasteiger partial charge in [-0.3, -0.25) is 4.79 Å². The van der Waals surface area contributed by atoms with Crippen LogP contribution in [0.4, 0.5) is 0 Å². The molecule has 0 aliphatic heterocycles. The van der Waals surface area contributed by atoms with E-state index in [9.17, 15) is 9.59 Å². The second kappa shape index (κ2) is 9.11. The predicted octanol–water partition coefficient (Wildman–Crippen LogP) is 7.55. The van der Waals surface area contributed by atoms with Crippen LogP contribution in [0.2, 0.25) is 5.02 Å². The number of hydrogen-bond donors (Lipinski definition) is 0. The molecule has 4 nitrogen and oxygen atoms in total. The normalized spacial score (nSPS) is 17.7. The molecular formula is C31H27ClO4. The van der Waals surface area contributed by atoms with Gasteiger partial charge in [-0.15, -0.1) is 0 Å². The zero-order valence-electron chi connectivity index (χ0n) is 20.5. The minimum absolute atomic E-state index is 0.188. The van der Waals surface area contributed by atoms with Crippen LogP contribution in [0.1, 0.15) is 39.2 Å². The summed E-state index contributed by atoms with van der Waals surface area (Å²) in [6.07, 6.45) is 2.31. The summed E-state index contributed by atoms with van der Waals surface area (Å²) in [6, 6.07) is 25.0. The van der Waals surface area contributed by atoms with Crippen LogP contribution in [-0.2, 0) is 19.7 Å². The summed E-state index contributed by atoms with van der Waals surface area (Å²) in [4.78, 5) is 26.9. The van der Waals surface area contributed by atoms with Gasteiger partial charge in [-0.05, 0) is 73.5 Å². The highest BCUT2D eigenvalue weighted by Crippen LogP contribution is 2.44. The third-order valence-corrected chi connectivity index (χ3v) is 6.82. The molecular weight excluding hydrogens is 472 g/mol. The van der Waals surface area contributed by atoms with E-state index in [2.05, 4.69) is 6.07 Å². The minimum Gasteiger partial charge on any atom is -0.457 e. The molecule has 4 aromatic carbocycles. The maximum absolute atomic E-state index is 14.0. The summed E-state index contributed by atoms with van der Waals surface area (Å²) in [5.41, 5.74) is -0.477. The van der Waals surface area contributed by atoms with Crippen molar-refractivity contribution < 1.29 is 19.1 Å². The number of esters is 2. The Kier molecular flexibility index (Phi) is 6.09. The predicted molar refractivity (Wildman–Crippen MR) is 143 cm³/mol. The van der Waals surface area contributed by atoms with Gasteiger partial charge >= 0.3 is 11.9 Å². The van der Waals surface area contributed by atoms with E-state index in [0.717, 1.165) is 27.1 Å². The van der Waals surface area contributed by atoms with E-state index >= 15 is 0 Å². The van der Waals surface area contributed by atoms with Crippen molar-refractivity contribution in [2.45, 2.75) is 44.6 Å². The summed E-state index contributed by atoms with van der Waals surface area (Å²) in [7, 11) is 0. The zero-order valence-corrected chi connectivity index (χ0v) is 21.3. The SMILES string of the molecule is CC(C)(C)OC(=O)C1=CC[C@@](C(=O)Oc2cc3ccccc3c3ccccc23)(c2ccc(Cl)cc2)C1. The summed E-state index contributed by atoms with van der Waals surface area (Å²) < 4.78 is 11.8. The van der Waals surface area contributed by atoms with Gasteiger partial charge < -0.3 is 9.47 Å². The maximum atomic E-state index is 14.0. The van der Waals surface area contributed by atoms with Crippen molar-refractivity contribution in [1.29, 1.82) is 0 Å². The van der Waals surface area contributed by atoms with Crippen molar-refractivity contribution in [3.63, 3.8) is 0 Å². The Balaban J connectivity index is 1.55. The lowest BCUT2D eigenvalue weighted by Gasteiger charge is -2.28.